The Hall–Kier alpha value is -3.73. The van der Waals surface area contributed by atoms with E-state index >= 15 is 0 Å². The molecule has 7 heteroatoms. The van der Waals surface area contributed by atoms with Crippen molar-refractivity contribution in [3.63, 3.8) is 0 Å². The van der Waals surface area contributed by atoms with Crippen LogP contribution in [-0.2, 0) is 4.74 Å². The van der Waals surface area contributed by atoms with Gasteiger partial charge in [0.1, 0.15) is 5.75 Å². The van der Waals surface area contributed by atoms with Crippen LogP contribution in [0.25, 0.3) is 37.3 Å². The van der Waals surface area contributed by atoms with Crippen molar-refractivity contribution in [2.24, 2.45) is 0 Å². The molecule has 0 N–H and O–H groups in total. The highest BCUT2D eigenvalue weighted by Crippen LogP contribution is 2.41. The number of morpholine rings is 1. The summed E-state index contributed by atoms with van der Waals surface area (Å²) in [5.74, 6) is 0.755. The van der Waals surface area contributed by atoms with Crippen molar-refractivity contribution in [1.82, 2.24) is 9.88 Å². The Morgan fingerprint density at radius 1 is 1.09 bits per heavy atom. The van der Waals surface area contributed by atoms with Gasteiger partial charge in [-0.15, -0.1) is 11.3 Å². The monoisotopic (exact) mass is 483 g/mol. The molecule has 0 aliphatic carbocycles. The van der Waals surface area contributed by atoms with Gasteiger partial charge in [0.2, 0.25) is 0 Å². The number of hydrogen-bond donors (Lipinski definition) is 0. The number of rotatable bonds is 4. The van der Waals surface area contributed by atoms with E-state index in [1.807, 2.05) is 79.5 Å². The lowest BCUT2D eigenvalue weighted by Crippen LogP contribution is -2.48. The number of hydrogen-bond acceptors (Lipinski definition) is 5. The average Bonchev–Trinajstić information content (AvgIpc) is 3.36. The van der Waals surface area contributed by atoms with Crippen LogP contribution in [0, 0.1) is 6.57 Å². The van der Waals surface area contributed by atoms with Gasteiger partial charge in [0, 0.05) is 35.1 Å². The summed E-state index contributed by atoms with van der Waals surface area (Å²) in [6.07, 6.45) is 1.87. The molecule has 1 fully saturated rings. The van der Waals surface area contributed by atoms with Crippen LogP contribution in [0.1, 0.15) is 23.5 Å². The number of pyridine rings is 1. The molecule has 1 saturated heterocycles. The standard InChI is InChI=1S/C28H25N3O3S/c1-17-15-31(16-18(2)34-17)28(32)25-13-12-24(35-25)23-14-30-26-21(6-5-7-22(26)27(23)33-4)19-8-10-20(29-3)11-9-19/h5-14,17-18H,15-16H2,1-2,4H3/t17-,18+. The smallest absolute Gasteiger partial charge is 0.264 e. The number of carbonyl (C=O) groups excluding carboxylic acids is 1. The average molecular weight is 484 g/mol. The Balaban J connectivity index is 1.51. The lowest BCUT2D eigenvalue weighted by Gasteiger charge is -2.35. The highest BCUT2D eigenvalue weighted by atomic mass is 32.1. The second-order valence-electron chi connectivity index (χ2n) is 8.70. The minimum atomic E-state index is 0.0266. The van der Waals surface area contributed by atoms with Gasteiger partial charge in [0.25, 0.3) is 5.91 Å². The third kappa shape index (κ3) is 4.39. The van der Waals surface area contributed by atoms with E-state index in [1.54, 1.807) is 7.11 Å². The predicted molar refractivity (Wildman–Crippen MR) is 139 cm³/mol. The van der Waals surface area contributed by atoms with Crippen LogP contribution in [0.5, 0.6) is 5.75 Å². The zero-order valence-electron chi connectivity index (χ0n) is 19.8. The van der Waals surface area contributed by atoms with Gasteiger partial charge in [0.15, 0.2) is 5.69 Å². The summed E-state index contributed by atoms with van der Waals surface area (Å²) in [6.45, 7) is 12.4. The first-order valence-corrected chi connectivity index (χ1v) is 12.3. The lowest BCUT2D eigenvalue weighted by molar-refractivity contribution is -0.0585. The number of ether oxygens (including phenoxy) is 2. The van der Waals surface area contributed by atoms with Crippen LogP contribution < -0.4 is 4.74 Å². The van der Waals surface area contributed by atoms with Crippen molar-refractivity contribution < 1.29 is 14.3 Å². The van der Waals surface area contributed by atoms with Crippen LogP contribution in [0.15, 0.2) is 60.8 Å². The van der Waals surface area contributed by atoms with E-state index in [0.29, 0.717) is 23.7 Å². The molecule has 0 bridgehead atoms. The summed E-state index contributed by atoms with van der Waals surface area (Å²) in [7, 11) is 1.66. The van der Waals surface area contributed by atoms with Gasteiger partial charge in [-0.05, 0) is 37.6 Å². The Morgan fingerprint density at radius 2 is 1.83 bits per heavy atom. The van der Waals surface area contributed by atoms with Crippen molar-refractivity contribution >= 4 is 33.8 Å². The highest BCUT2D eigenvalue weighted by Gasteiger charge is 2.28. The molecular weight excluding hydrogens is 458 g/mol. The molecule has 2 atom stereocenters. The summed E-state index contributed by atoms with van der Waals surface area (Å²) in [4.78, 5) is 24.9. The second-order valence-corrected chi connectivity index (χ2v) is 9.78. The van der Waals surface area contributed by atoms with E-state index in [2.05, 4.69) is 4.85 Å². The van der Waals surface area contributed by atoms with Gasteiger partial charge < -0.3 is 14.4 Å². The summed E-state index contributed by atoms with van der Waals surface area (Å²) in [5, 5.41) is 0.897. The van der Waals surface area contributed by atoms with E-state index in [9.17, 15) is 4.79 Å². The normalized spacial score (nSPS) is 17.8. The molecule has 35 heavy (non-hydrogen) atoms. The fourth-order valence-electron chi connectivity index (χ4n) is 4.64. The summed E-state index contributed by atoms with van der Waals surface area (Å²) in [6, 6.07) is 17.4. The lowest BCUT2D eigenvalue weighted by atomic mass is 10.00. The number of nitrogens with zero attached hydrogens (tertiary/aromatic N) is 3. The maximum atomic E-state index is 13.2. The first kappa shape index (κ1) is 23.0. The van der Waals surface area contributed by atoms with E-state index < -0.39 is 0 Å². The van der Waals surface area contributed by atoms with Crippen molar-refractivity contribution in [3.8, 4) is 27.3 Å². The molecule has 2 aromatic carbocycles. The Bertz CT molecular complexity index is 1430. The number of aromatic nitrogens is 1. The van der Waals surface area contributed by atoms with E-state index in [0.717, 1.165) is 38.2 Å². The SMILES string of the molecule is [C-]#[N+]c1ccc(-c2cccc3c(OC)c(-c4ccc(C(=O)N5C[C@@H](C)O[C@@H](C)C5)s4)cnc23)cc1. The molecule has 2 aromatic heterocycles. The summed E-state index contributed by atoms with van der Waals surface area (Å²) < 4.78 is 11.6. The van der Waals surface area contributed by atoms with E-state index in [-0.39, 0.29) is 18.1 Å². The Kier molecular flexibility index (Phi) is 6.25. The number of carbonyl (C=O) groups is 1. The zero-order valence-corrected chi connectivity index (χ0v) is 20.6. The van der Waals surface area contributed by atoms with Gasteiger partial charge in [-0.2, -0.15) is 0 Å². The number of thiophene rings is 1. The number of methoxy groups -OCH3 is 1. The quantitative estimate of drug-likeness (QED) is 0.314. The minimum absolute atomic E-state index is 0.0266. The molecule has 1 aliphatic rings. The van der Waals surface area contributed by atoms with Crippen molar-refractivity contribution in [2.75, 3.05) is 20.2 Å². The maximum Gasteiger partial charge on any atom is 0.264 e. The van der Waals surface area contributed by atoms with Crippen LogP contribution >= 0.6 is 11.3 Å². The van der Waals surface area contributed by atoms with Crippen molar-refractivity contribution in [3.05, 3.63) is 77.1 Å². The second kappa shape index (κ2) is 9.49. The molecular formula is C28H25N3O3S. The molecule has 1 amide bonds. The van der Waals surface area contributed by atoms with Gasteiger partial charge in [-0.3, -0.25) is 9.78 Å². The fraction of sp³-hybridized carbons (Fsp3) is 0.250. The maximum absolute atomic E-state index is 13.2. The molecule has 1 aliphatic heterocycles. The zero-order chi connectivity index (χ0) is 24.5. The molecule has 4 aromatic rings. The van der Waals surface area contributed by atoms with E-state index in [1.165, 1.54) is 11.3 Å². The Morgan fingerprint density at radius 3 is 2.51 bits per heavy atom. The van der Waals surface area contributed by atoms with Crippen molar-refractivity contribution in [2.45, 2.75) is 26.1 Å². The van der Waals surface area contributed by atoms with E-state index in [4.69, 9.17) is 21.0 Å². The molecule has 0 spiro atoms. The first-order valence-electron chi connectivity index (χ1n) is 11.5. The topological polar surface area (TPSA) is 56.0 Å². The molecule has 6 nitrogen and oxygen atoms in total. The molecule has 5 rings (SSSR count). The minimum Gasteiger partial charge on any atom is -0.495 e. The van der Waals surface area contributed by atoms with Crippen LogP contribution in [-0.4, -0.2) is 48.2 Å². The largest absolute Gasteiger partial charge is 0.495 e. The molecule has 176 valence electrons. The fourth-order valence-corrected chi connectivity index (χ4v) is 5.62. The summed E-state index contributed by atoms with van der Waals surface area (Å²) in [5.41, 5.74) is 4.25. The van der Waals surface area contributed by atoms with Crippen LogP contribution in [0.4, 0.5) is 5.69 Å². The molecule has 0 saturated carbocycles. The van der Waals surface area contributed by atoms with Gasteiger partial charge >= 0.3 is 0 Å². The number of fused-ring (bicyclic) bond motifs is 1. The van der Waals surface area contributed by atoms with Crippen LogP contribution in [0.3, 0.4) is 0 Å². The number of benzene rings is 2. The highest BCUT2D eigenvalue weighted by molar-refractivity contribution is 7.17. The molecule has 0 radical (unpaired) electrons. The third-order valence-corrected chi connectivity index (χ3v) is 7.26. The third-order valence-electron chi connectivity index (χ3n) is 6.15. The number of amides is 1. The van der Waals surface area contributed by atoms with Gasteiger partial charge in [0.05, 0.1) is 41.8 Å². The molecule has 0 unspecified atom stereocenters. The Labute approximate surface area is 208 Å². The van der Waals surface area contributed by atoms with Crippen LogP contribution in [0.2, 0.25) is 0 Å². The first-order chi connectivity index (χ1) is 17.0. The molecule has 3 heterocycles. The predicted octanol–water partition coefficient (Wildman–Crippen LogP) is 6.44. The van der Waals surface area contributed by atoms with Crippen molar-refractivity contribution in [1.29, 1.82) is 0 Å². The van der Waals surface area contributed by atoms with Gasteiger partial charge in [-0.25, -0.2) is 4.85 Å². The summed E-state index contributed by atoms with van der Waals surface area (Å²) >= 11 is 1.45. The van der Waals surface area contributed by atoms with Gasteiger partial charge in [-0.1, -0.05) is 36.4 Å². The number of para-hydroxylation sites is 1.